The molecular formula is C46H55ClN8O6. The van der Waals surface area contributed by atoms with Crippen LogP contribution in [0.15, 0.2) is 48.8 Å². The van der Waals surface area contributed by atoms with Gasteiger partial charge >= 0.3 is 0 Å². The molecule has 0 spiro atoms. The number of carbonyl (C=O) groups is 4. The van der Waals surface area contributed by atoms with Gasteiger partial charge in [-0.05, 0) is 74.9 Å². The van der Waals surface area contributed by atoms with E-state index in [0.29, 0.717) is 64.4 Å². The molecule has 5 aliphatic rings. The van der Waals surface area contributed by atoms with Gasteiger partial charge in [-0.3, -0.25) is 29.4 Å². The Morgan fingerprint density at radius 2 is 1.67 bits per heavy atom. The number of hydrogen-bond acceptors (Lipinski definition) is 11. The summed E-state index contributed by atoms with van der Waals surface area (Å²) in [6.45, 7) is 15.8. The van der Waals surface area contributed by atoms with E-state index in [0.717, 1.165) is 56.6 Å². The molecule has 8 rings (SSSR count). The van der Waals surface area contributed by atoms with Crippen LogP contribution in [0.4, 0.5) is 5.95 Å². The number of aromatic nitrogens is 2. The molecule has 0 unspecified atom stereocenters. The number of nitrogens with zero attached hydrogens (tertiary/aromatic N) is 6. The summed E-state index contributed by atoms with van der Waals surface area (Å²) in [5.74, 6) is 1.38. The summed E-state index contributed by atoms with van der Waals surface area (Å²) in [6.07, 6.45) is 7.59. The highest BCUT2D eigenvalue weighted by atomic mass is 35.5. The monoisotopic (exact) mass is 850 g/mol. The lowest BCUT2D eigenvalue weighted by Crippen LogP contribution is -2.74. The Balaban J connectivity index is 0.787. The summed E-state index contributed by atoms with van der Waals surface area (Å²) < 4.78 is 12.8. The summed E-state index contributed by atoms with van der Waals surface area (Å²) in [6, 6.07) is 12.7. The van der Waals surface area contributed by atoms with Gasteiger partial charge in [-0.2, -0.15) is 5.26 Å². The molecule has 14 nitrogen and oxygen atoms in total. The molecule has 322 valence electrons. The highest BCUT2D eigenvalue weighted by molar-refractivity contribution is 6.31. The van der Waals surface area contributed by atoms with Crippen LogP contribution in [0, 0.1) is 28.1 Å². The fourth-order valence-corrected chi connectivity index (χ4v) is 10.7. The Bertz CT molecular complexity index is 2230. The summed E-state index contributed by atoms with van der Waals surface area (Å²) in [5, 5.41) is 15.1. The highest BCUT2D eigenvalue weighted by Crippen LogP contribution is 2.55. The lowest BCUT2D eigenvalue weighted by molar-refractivity contribution is -0.164. The fourth-order valence-electron chi connectivity index (χ4n) is 10.5. The second kappa shape index (κ2) is 16.5. The number of hydrogen-bond donors (Lipinski definition) is 2. The van der Waals surface area contributed by atoms with Crippen molar-refractivity contribution in [3.8, 4) is 17.6 Å². The maximum Gasteiger partial charge on any atom is 0.255 e. The van der Waals surface area contributed by atoms with E-state index in [1.165, 1.54) is 0 Å². The molecule has 1 aromatic heterocycles. The molecule has 2 saturated carbocycles. The van der Waals surface area contributed by atoms with Crippen LogP contribution < -0.4 is 25.0 Å². The molecule has 2 saturated heterocycles. The SMILES string of the molecule is CC(C)N(CC1CCN(c2ncc(C(=O)NC3C(C)(C)C(Oc4ccc(C#N)c(Cl)c4)C3(C)C)cn2)CC1)C1CC(Oc2ccc3c(c2)CN([C@@H]2CCC(=O)NC2=O)C3=O)C1. The van der Waals surface area contributed by atoms with E-state index >= 15 is 0 Å². The number of ether oxygens (including phenoxy) is 2. The van der Waals surface area contributed by atoms with Gasteiger partial charge in [0.1, 0.15) is 35.8 Å². The van der Waals surface area contributed by atoms with Crippen molar-refractivity contribution in [2.24, 2.45) is 16.7 Å². The first-order chi connectivity index (χ1) is 29.0. The molecular weight excluding hydrogens is 796 g/mol. The third-order valence-corrected chi connectivity index (χ3v) is 14.0. The maximum absolute atomic E-state index is 13.5. The third-order valence-electron chi connectivity index (χ3n) is 13.7. The molecule has 2 N–H and O–H groups in total. The minimum absolute atomic E-state index is 0.0921. The summed E-state index contributed by atoms with van der Waals surface area (Å²) in [5.41, 5.74) is 1.46. The van der Waals surface area contributed by atoms with E-state index < -0.39 is 11.9 Å². The minimum Gasteiger partial charge on any atom is -0.490 e. The summed E-state index contributed by atoms with van der Waals surface area (Å²) in [4.78, 5) is 66.3. The Hall–Kier alpha value is -5.26. The van der Waals surface area contributed by atoms with Crippen LogP contribution in [0.3, 0.4) is 0 Å². The van der Waals surface area contributed by atoms with Gasteiger partial charge in [0.05, 0.1) is 16.1 Å². The van der Waals surface area contributed by atoms with Crippen molar-refractivity contribution >= 4 is 41.2 Å². The summed E-state index contributed by atoms with van der Waals surface area (Å²) >= 11 is 6.25. The Morgan fingerprint density at radius 3 is 2.31 bits per heavy atom. The molecule has 4 fully saturated rings. The van der Waals surface area contributed by atoms with Gasteiger partial charge in [0.25, 0.3) is 11.8 Å². The van der Waals surface area contributed by atoms with E-state index in [9.17, 15) is 24.4 Å². The zero-order valence-corrected chi connectivity index (χ0v) is 36.5. The first kappa shape index (κ1) is 42.4. The van der Waals surface area contributed by atoms with Gasteiger partial charge in [-0.25, -0.2) is 9.97 Å². The number of fused-ring (bicyclic) bond motifs is 1. The van der Waals surface area contributed by atoms with E-state index in [4.69, 9.17) is 21.1 Å². The van der Waals surface area contributed by atoms with Gasteiger partial charge in [0, 0.05) is 98.4 Å². The van der Waals surface area contributed by atoms with Crippen LogP contribution in [0.25, 0.3) is 0 Å². The van der Waals surface area contributed by atoms with E-state index in [1.807, 2.05) is 12.1 Å². The number of piperidine rings is 2. The predicted octanol–water partition coefficient (Wildman–Crippen LogP) is 5.91. The summed E-state index contributed by atoms with van der Waals surface area (Å²) in [7, 11) is 0. The molecule has 3 aliphatic heterocycles. The van der Waals surface area contributed by atoms with E-state index in [-0.39, 0.29) is 53.2 Å². The smallest absolute Gasteiger partial charge is 0.255 e. The molecule has 2 aromatic carbocycles. The van der Waals surface area contributed by atoms with Crippen molar-refractivity contribution in [2.45, 2.75) is 123 Å². The van der Waals surface area contributed by atoms with E-state index in [2.05, 4.69) is 78.0 Å². The molecule has 3 aromatic rings. The maximum atomic E-state index is 13.5. The Labute approximate surface area is 362 Å². The Morgan fingerprint density at radius 1 is 1.00 bits per heavy atom. The van der Waals surface area contributed by atoms with Crippen LogP contribution >= 0.6 is 11.6 Å². The van der Waals surface area contributed by atoms with Crippen LogP contribution in [0.2, 0.25) is 5.02 Å². The first-order valence-electron chi connectivity index (χ1n) is 21.5. The number of nitriles is 1. The van der Waals surface area contributed by atoms with Gasteiger partial charge in [-0.1, -0.05) is 39.3 Å². The lowest BCUT2D eigenvalue weighted by atomic mass is 9.49. The zero-order valence-electron chi connectivity index (χ0n) is 35.7. The molecule has 4 heterocycles. The highest BCUT2D eigenvalue weighted by Gasteiger charge is 2.64. The van der Waals surface area contributed by atoms with Crippen LogP contribution in [0.5, 0.6) is 11.5 Å². The zero-order chi connectivity index (χ0) is 43.4. The van der Waals surface area contributed by atoms with Crippen molar-refractivity contribution in [1.29, 1.82) is 5.26 Å². The van der Waals surface area contributed by atoms with Gasteiger partial charge in [-0.15, -0.1) is 0 Å². The average Bonchev–Trinajstić information content (AvgIpc) is 3.54. The topological polar surface area (TPSA) is 170 Å². The molecule has 0 bridgehead atoms. The fraction of sp³-hybridized carbons (Fsp3) is 0.543. The van der Waals surface area contributed by atoms with Crippen LogP contribution in [0.1, 0.15) is 112 Å². The number of carbonyl (C=O) groups excluding carboxylic acids is 4. The number of halogens is 1. The predicted molar refractivity (Wildman–Crippen MR) is 228 cm³/mol. The van der Waals surface area contributed by atoms with Crippen LogP contribution in [-0.2, 0) is 16.1 Å². The van der Waals surface area contributed by atoms with Crippen molar-refractivity contribution in [1.82, 2.24) is 30.4 Å². The second-order valence-electron chi connectivity index (χ2n) is 18.9. The molecule has 15 heteroatoms. The molecule has 2 aliphatic carbocycles. The molecule has 4 amide bonds. The van der Waals surface area contributed by atoms with E-state index in [1.54, 1.807) is 41.6 Å². The van der Waals surface area contributed by atoms with Gasteiger partial charge in [0.15, 0.2) is 0 Å². The number of nitrogens with one attached hydrogen (secondary N) is 2. The van der Waals surface area contributed by atoms with Crippen molar-refractivity contribution in [3.05, 3.63) is 76.1 Å². The van der Waals surface area contributed by atoms with Crippen molar-refractivity contribution in [3.63, 3.8) is 0 Å². The average molecular weight is 851 g/mol. The number of amides is 4. The minimum atomic E-state index is -0.635. The second-order valence-corrected chi connectivity index (χ2v) is 19.3. The first-order valence-corrected chi connectivity index (χ1v) is 21.9. The lowest BCUT2D eigenvalue weighted by Gasteiger charge is -2.63. The number of benzene rings is 2. The normalized spacial score (nSPS) is 25.6. The molecule has 0 radical (unpaired) electrons. The number of rotatable bonds is 12. The van der Waals surface area contributed by atoms with Crippen LogP contribution in [-0.4, -0.2) is 99.4 Å². The van der Waals surface area contributed by atoms with Gasteiger partial charge in [0.2, 0.25) is 17.8 Å². The van der Waals surface area contributed by atoms with Crippen molar-refractivity contribution < 1.29 is 28.7 Å². The largest absolute Gasteiger partial charge is 0.490 e. The number of imide groups is 1. The third kappa shape index (κ3) is 8.26. The number of anilines is 1. The van der Waals surface area contributed by atoms with Crippen molar-refractivity contribution in [2.75, 3.05) is 24.5 Å². The van der Waals surface area contributed by atoms with Gasteiger partial charge < -0.3 is 24.6 Å². The quantitative estimate of drug-likeness (QED) is 0.208. The Kier molecular flexibility index (Phi) is 11.5. The molecule has 61 heavy (non-hydrogen) atoms. The molecule has 1 atom stereocenters. The standard InChI is InChI=1S/C46H55ClN8O6/c1-26(2)54(31-18-34(19-31)60-32-9-10-35-29(17-32)25-55(41(35)59)37-11-12-38(56)51-40(37)58)24-27-13-15-53(16-14-27)44-49-22-30(23-50-44)39(57)52-42-45(3,4)43(46(42,5)6)61-33-8-7-28(21-48)36(47)20-33/h7-10,17,20,22-23,26-27,31,34,37,42-43H,11-16,18-19,24-25H2,1-6H3,(H,52,57)(H,51,56,58)/t31?,34?,37-,42?,43?/m1/s1.